The first kappa shape index (κ1) is 16.1. The molecule has 1 aliphatic carbocycles. The minimum atomic E-state index is -0.970. The van der Waals surface area contributed by atoms with Gasteiger partial charge in [-0.25, -0.2) is 0 Å². The largest absolute Gasteiger partial charge is 0.497 e. The van der Waals surface area contributed by atoms with E-state index >= 15 is 0 Å². The molecule has 0 radical (unpaired) electrons. The summed E-state index contributed by atoms with van der Waals surface area (Å²) >= 11 is 0. The highest BCUT2D eigenvalue weighted by molar-refractivity contribution is 6.17. The van der Waals surface area contributed by atoms with Gasteiger partial charge in [0.05, 0.1) is 7.11 Å². The van der Waals surface area contributed by atoms with Crippen LogP contribution < -0.4 is 15.4 Å². The summed E-state index contributed by atoms with van der Waals surface area (Å²) in [5.41, 5.74) is 1.39. The monoisotopic (exact) mass is 324 g/mol. The lowest BCUT2D eigenvalue weighted by Gasteiger charge is -2.16. The summed E-state index contributed by atoms with van der Waals surface area (Å²) < 4.78 is 5.09. The maximum atomic E-state index is 12.6. The summed E-state index contributed by atoms with van der Waals surface area (Å²) in [7, 11) is 1.59. The molecule has 0 unspecified atom stereocenters. The fraction of sp³-hybridized carbons (Fsp3) is 0.263. The molecule has 0 heterocycles. The van der Waals surface area contributed by atoms with Gasteiger partial charge in [0.15, 0.2) is 0 Å². The zero-order valence-electron chi connectivity index (χ0n) is 13.8. The summed E-state index contributed by atoms with van der Waals surface area (Å²) in [6.45, 7) is 1.92. The number of anilines is 2. The molecule has 124 valence electrons. The van der Waals surface area contributed by atoms with Crippen molar-refractivity contribution in [2.24, 2.45) is 5.41 Å². The molecule has 1 saturated carbocycles. The maximum Gasteiger partial charge on any atom is 0.240 e. The molecule has 2 N–H and O–H groups in total. The minimum Gasteiger partial charge on any atom is -0.497 e. The van der Waals surface area contributed by atoms with E-state index in [0.717, 1.165) is 11.3 Å². The van der Waals surface area contributed by atoms with Crippen LogP contribution in [0.5, 0.6) is 5.75 Å². The third kappa shape index (κ3) is 3.11. The van der Waals surface area contributed by atoms with Crippen molar-refractivity contribution in [3.8, 4) is 5.75 Å². The van der Waals surface area contributed by atoms with Gasteiger partial charge in [-0.1, -0.05) is 18.2 Å². The van der Waals surface area contributed by atoms with Crippen LogP contribution in [0.2, 0.25) is 0 Å². The second-order valence-electron chi connectivity index (χ2n) is 6.03. The van der Waals surface area contributed by atoms with Crippen molar-refractivity contribution >= 4 is 23.2 Å². The van der Waals surface area contributed by atoms with Gasteiger partial charge < -0.3 is 15.4 Å². The number of amides is 2. The molecule has 1 fully saturated rings. The van der Waals surface area contributed by atoms with Gasteiger partial charge in [-0.05, 0) is 55.7 Å². The van der Waals surface area contributed by atoms with E-state index in [4.69, 9.17) is 4.74 Å². The third-order valence-electron chi connectivity index (χ3n) is 4.36. The molecule has 5 heteroatoms. The first-order valence-electron chi connectivity index (χ1n) is 7.88. The van der Waals surface area contributed by atoms with Crippen molar-refractivity contribution in [3.05, 3.63) is 54.1 Å². The van der Waals surface area contributed by atoms with Gasteiger partial charge in [-0.15, -0.1) is 0 Å². The summed E-state index contributed by atoms with van der Waals surface area (Å²) in [5, 5.41) is 5.70. The molecule has 24 heavy (non-hydrogen) atoms. The van der Waals surface area contributed by atoms with Crippen LogP contribution in [0.4, 0.5) is 11.4 Å². The Morgan fingerprint density at radius 1 is 0.958 bits per heavy atom. The van der Waals surface area contributed by atoms with Crippen LogP contribution >= 0.6 is 0 Å². The van der Waals surface area contributed by atoms with Gasteiger partial charge in [0.2, 0.25) is 11.8 Å². The summed E-state index contributed by atoms with van der Waals surface area (Å²) in [6, 6.07) is 14.6. The molecule has 0 bridgehead atoms. The van der Waals surface area contributed by atoms with Crippen LogP contribution in [0.25, 0.3) is 0 Å². The van der Waals surface area contributed by atoms with E-state index in [9.17, 15) is 9.59 Å². The predicted molar refractivity (Wildman–Crippen MR) is 93.1 cm³/mol. The van der Waals surface area contributed by atoms with Crippen molar-refractivity contribution < 1.29 is 14.3 Å². The molecule has 0 spiro atoms. The van der Waals surface area contributed by atoms with Crippen LogP contribution in [0.15, 0.2) is 48.5 Å². The number of aryl methyl sites for hydroxylation is 1. The normalized spacial score (nSPS) is 14.6. The van der Waals surface area contributed by atoms with Gasteiger partial charge in [-0.2, -0.15) is 0 Å². The van der Waals surface area contributed by atoms with Crippen molar-refractivity contribution in [2.75, 3.05) is 17.7 Å². The highest BCUT2D eigenvalue weighted by Crippen LogP contribution is 2.47. The molecule has 1 aliphatic rings. The van der Waals surface area contributed by atoms with Crippen molar-refractivity contribution in [2.45, 2.75) is 19.8 Å². The van der Waals surface area contributed by atoms with Crippen LogP contribution in [0, 0.1) is 12.3 Å². The first-order valence-corrected chi connectivity index (χ1v) is 7.88. The molecule has 2 aromatic carbocycles. The van der Waals surface area contributed by atoms with E-state index in [2.05, 4.69) is 10.6 Å². The molecule has 0 aliphatic heterocycles. The molecule has 5 nitrogen and oxygen atoms in total. The zero-order valence-corrected chi connectivity index (χ0v) is 13.8. The van der Waals surface area contributed by atoms with E-state index in [-0.39, 0.29) is 11.8 Å². The smallest absolute Gasteiger partial charge is 0.240 e. The lowest BCUT2D eigenvalue weighted by atomic mass is 10.0. The molecule has 0 aromatic heterocycles. The Labute approximate surface area is 141 Å². The standard InChI is InChI=1S/C19H20N2O3/c1-13-5-3-4-6-16(13)21-18(23)19(11-12-19)17(22)20-14-7-9-15(24-2)10-8-14/h3-10H,11-12H2,1-2H3,(H,20,22)(H,21,23). The van der Waals surface area contributed by atoms with Crippen LogP contribution in [0.1, 0.15) is 18.4 Å². The first-order chi connectivity index (χ1) is 11.5. The minimum absolute atomic E-state index is 0.247. The average Bonchev–Trinajstić information content (AvgIpc) is 3.39. The highest BCUT2D eigenvalue weighted by atomic mass is 16.5. The fourth-order valence-corrected chi connectivity index (χ4v) is 2.56. The van der Waals surface area contributed by atoms with E-state index in [1.807, 2.05) is 31.2 Å². The molecule has 2 aromatic rings. The number of rotatable bonds is 5. The van der Waals surface area contributed by atoms with Crippen molar-refractivity contribution in [1.82, 2.24) is 0 Å². The Bertz CT molecular complexity index is 764. The summed E-state index contributed by atoms with van der Waals surface area (Å²) in [6.07, 6.45) is 1.12. The Hall–Kier alpha value is -2.82. The number of carbonyl (C=O) groups is 2. The van der Waals surface area contributed by atoms with E-state index < -0.39 is 5.41 Å². The molecule has 0 atom stereocenters. The van der Waals surface area contributed by atoms with E-state index in [1.54, 1.807) is 31.4 Å². The van der Waals surface area contributed by atoms with Gasteiger partial charge in [0, 0.05) is 11.4 Å². The molecule has 2 amide bonds. The number of hydrogen-bond donors (Lipinski definition) is 2. The second-order valence-corrected chi connectivity index (χ2v) is 6.03. The maximum absolute atomic E-state index is 12.6. The Balaban J connectivity index is 1.69. The number of nitrogens with one attached hydrogen (secondary N) is 2. The molecular weight excluding hydrogens is 304 g/mol. The lowest BCUT2D eigenvalue weighted by Crippen LogP contribution is -2.35. The van der Waals surface area contributed by atoms with E-state index in [0.29, 0.717) is 24.3 Å². The van der Waals surface area contributed by atoms with Gasteiger partial charge in [-0.3, -0.25) is 9.59 Å². The Morgan fingerprint density at radius 2 is 1.58 bits per heavy atom. The quantitative estimate of drug-likeness (QED) is 0.829. The number of carbonyl (C=O) groups excluding carboxylic acids is 2. The molecule has 0 saturated heterocycles. The average molecular weight is 324 g/mol. The van der Waals surface area contributed by atoms with Gasteiger partial charge >= 0.3 is 0 Å². The van der Waals surface area contributed by atoms with E-state index in [1.165, 1.54) is 0 Å². The number of para-hydroxylation sites is 1. The number of benzene rings is 2. The summed E-state index contributed by atoms with van der Waals surface area (Å²) in [4.78, 5) is 25.2. The summed E-state index contributed by atoms with van der Waals surface area (Å²) in [5.74, 6) is 0.202. The topological polar surface area (TPSA) is 67.4 Å². The molecular formula is C19H20N2O3. The molecule has 3 rings (SSSR count). The predicted octanol–water partition coefficient (Wildman–Crippen LogP) is 3.36. The third-order valence-corrected chi connectivity index (χ3v) is 4.36. The second kappa shape index (κ2) is 6.35. The van der Waals surface area contributed by atoms with Gasteiger partial charge in [0.25, 0.3) is 0 Å². The fourth-order valence-electron chi connectivity index (χ4n) is 2.56. The van der Waals surface area contributed by atoms with Crippen LogP contribution in [-0.2, 0) is 9.59 Å². The SMILES string of the molecule is COc1ccc(NC(=O)C2(C(=O)Nc3ccccc3C)CC2)cc1. The van der Waals surface area contributed by atoms with Crippen molar-refractivity contribution in [1.29, 1.82) is 0 Å². The Morgan fingerprint density at radius 3 is 2.17 bits per heavy atom. The Kier molecular flexibility index (Phi) is 4.25. The van der Waals surface area contributed by atoms with Crippen LogP contribution in [0.3, 0.4) is 0 Å². The van der Waals surface area contributed by atoms with Crippen LogP contribution in [-0.4, -0.2) is 18.9 Å². The lowest BCUT2D eigenvalue weighted by molar-refractivity contribution is -0.131. The van der Waals surface area contributed by atoms with Crippen molar-refractivity contribution in [3.63, 3.8) is 0 Å². The highest BCUT2D eigenvalue weighted by Gasteiger charge is 2.56. The number of methoxy groups -OCH3 is 1. The number of ether oxygens (including phenoxy) is 1. The zero-order chi connectivity index (χ0) is 17.2. The number of hydrogen-bond acceptors (Lipinski definition) is 3. The van der Waals surface area contributed by atoms with Gasteiger partial charge in [0.1, 0.15) is 11.2 Å².